The summed E-state index contributed by atoms with van der Waals surface area (Å²) in [5.41, 5.74) is 6.33. The molecule has 0 aliphatic carbocycles. The fourth-order valence-electron chi connectivity index (χ4n) is 5.10. The van der Waals surface area contributed by atoms with E-state index in [9.17, 15) is 14.4 Å². The second-order valence-corrected chi connectivity index (χ2v) is 13.6. The summed E-state index contributed by atoms with van der Waals surface area (Å²) in [4.78, 5) is 32.5. The Kier molecular flexibility index (Phi) is 17.4. The molecule has 5 aromatic carbocycles. The molecule has 0 bridgehead atoms. The normalized spacial score (nSPS) is 10.5. The van der Waals surface area contributed by atoms with Crippen molar-refractivity contribution in [2.45, 2.75) is 66.2 Å². The third-order valence-corrected chi connectivity index (χ3v) is 8.22. The lowest BCUT2D eigenvalue weighted by Crippen LogP contribution is -2.18. The molecule has 0 atom stereocenters. The van der Waals surface area contributed by atoms with E-state index in [0.717, 1.165) is 11.3 Å². The Bertz CT molecular complexity index is 1840. The summed E-state index contributed by atoms with van der Waals surface area (Å²) < 4.78 is 20.0. The maximum atomic E-state index is 12.1. The topological polar surface area (TPSA) is 88.1 Å². The fourth-order valence-corrected chi connectivity index (χ4v) is 5.10. The summed E-state index contributed by atoms with van der Waals surface area (Å²) in [5.74, 6) is 1.48. The van der Waals surface area contributed by atoms with Gasteiger partial charge in [0.25, 0.3) is 0 Å². The zero-order valence-electron chi connectivity index (χ0n) is 33.0. The van der Waals surface area contributed by atoms with Crippen LogP contribution in [0.3, 0.4) is 0 Å². The molecule has 0 radical (unpaired) electrons. The highest BCUT2D eigenvalue weighted by Crippen LogP contribution is 2.34. The van der Waals surface area contributed by atoms with Crippen LogP contribution in [0.25, 0.3) is 0 Å². The van der Waals surface area contributed by atoms with E-state index in [1.807, 2.05) is 78.9 Å². The van der Waals surface area contributed by atoms with Crippen LogP contribution in [-0.4, -0.2) is 39.1 Å². The first-order chi connectivity index (χ1) is 25.0. The summed E-state index contributed by atoms with van der Waals surface area (Å²) in [7, 11) is 4.91. The van der Waals surface area contributed by atoms with E-state index in [4.69, 9.17) is 14.2 Å². The minimum absolute atomic E-state index is 0.115. The number of benzene rings is 5. The zero-order chi connectivity index (χ0) is 39.6. The van der Waals surface area contributed by atoms with Crippen molar-refractivity contribution in [2.24, 2.45) is 0 Å². The van der Waals surface area contributed by atoms with E-state index in [0.29, 0.717) is 17.1 Å². The second-order valence-electron chi connectivity index (χ2n) is 13.6. The van der Waals surface area contributed by atoms with Gasteiger partial charge in [-0.25, -0.2) is 4.79 Å². The molecule has 0 saturated carbocycles. The van der Waals surface area contributed by atoms with Gasteiger partial charge in [0.1, 0.15) is 23.0 Å². The first-order valence-electron chi connectivity index (χ1n) is 17.3. The van der Waals surface area contributed by atoms with Crippen LogP contribution in [0.1, 0.15) is 86.6 Å². The minimum Gasteiger partial charge on any atom is -0.497 e. The number of esters is 2. The molecule has 0 spiro atoms. The molecule has 0 aromatic heterocycles. The molecule has 0 N–H and O–H groups in total. The number of Topliss-reactive ketones (excluding diaryl/α,β-unsaturated/α-hetero) is 1. The highest BCUT2D eigenvalue weighted by atomic mass is 16.5. The zero-order valence-corrected chi connectivity index (χ0v) is 33.0. The largest absolute Gasteiger partial charge is 0.497 e. The number of rotatable bonds is 8. The quantitative estimate of drug-likeness (QED) is 0.117. The van der Waals surface area contributed by atoms with Gasteiger partial charge >= 0.3 is 11.9 Å². The van der Waals surface area contributed by atoms with Crippen molar-refractivity contribution < 1.29 is 33.3 Å². The average Bonchev–Trinajstić information content (AvgIpc) is 3.13. The van der Waals surface area contributed by atoms with Gasteiger partial charge in [0.15, 0.2) is 0 Å². The van der Waals surface area contributed by atoms with E-state index >= 15 is 0 Å². The molecule has 0 heterocycles. The van der Waals surface area contributed by atoms with Crippen LogP contribution < -0.4 is 14.2 Å². The number of hydrogen-bond acceptors (Lipinski definition) is 7. The fraction of sp³-hybridized carbons (Fsp3) is 0.283. The first-order valence-corrected chi connectivity index (χ1v) is 17.3. The molecule has 7 heteroatoms. The number of carbonyl (C=O) groups excluding carboxylic acids is 3. The highest BCUT2D eigenvalue weighted by Gasteiger charge is 2.24. The van der Waals surface area contributed by atoms with Crippen molar-refractivity contribution >= 4 is 17.7 Å². The van der Waals surface area contributed by atoms with Crippen molar-refractivity contribution in [2.75, 3.05) is 21.3 Å². The second kappa shape index (κ2) is 21.1. The highest BCUT2D eigenvalue weighted by molar-refractivity contribution is 5.91. The van der Waals surface area contributed by atoms with Crippen LogP contribution >= 0.6 is 0 Å². The van der Waals surface area contributed by atoms with Crippen LogP contribution in [-0.2, 0) is 25.2 Å². The molecular formula is C46H54O7. The van der Waals surface area contributed by atoms with Gasteiger partial charge in [-0.05, 0) is 91.6 Å². The lowest BCUT2D eigenvalue weighted by molar-refractivity contribution is -0.131. The van der Waals surface area contributed by atoms with Crippen LogP contribution in [0.2, 0.25) is 0 Å². The van der Waals surface area contributed by atoms with Crippen molar-refractivity contribution in [1.82, 2.24) is 0 Å². The lowest BCUT2D eigenvalue weighted by atomic mass is 9.78. The molecule has 0 fully saturated rings. The van der Waals surface area contributed by atoms with E-state index in [1.165, 1.54) is 43.0 Å². The Hall–Kier alpha value is -5.53. The van der Waals surface area contributed by atoms with Crippen LogP contribution in [0.5, 0.6) is 17.2 Å². The van der Waals surface area contributed by atoms with E-state index < -0.39 is 0 Å². The van der Waals surface area contributed by atoms with E-state index in [-0.39, 0.29) is 28.6 Å². The number of hydrogen-bond donors (Lipinski definition) is 0. The molecule has 5 rings (SSSR count). The summed E-state index contributed by atoms with van der Waals surface area (Å²) in [6.07, 6.45) is 0. The molecule has 0 unspecified atom stereocenters. The number of ether oxygens (including phenoxy) is 4. The Labute approximate surface area is 315 Å². The van der Waals surface area contributed by atoms with E-state index in [2.05, 4.69) is 75.8 Å². The van der Waals surface area contributed by atoms with Gasteiger partial charge in [0, 0.05) is 32.0 Å². The smallest absolute Gasteiger partial charge is 0.343 e. The van der Waals surface area contributed by atoms with Gasteiger partial charge in [0.05, 0.1) is 12.7 Å². The van der Waals surface area contributed by atoms with Crippen molar-refractivity contribution in [3.8, 4) is 17.2 Å². The maximum Gasteiger partial charge on any atom is 0.343 e. The van der Waals surface area contributed by atoms with Gasteiger partial charge in [-0.2, -0.15) is 0 Å². The molecule has 53 heavy (non-hydrogen) atoms. The van der Waals surface area contributed by atoms with Gasteiger partial charge < -0.3 is 23.7 Å². The molecular weight excluding hydrogens is 664 g/mol. The summed E-state index contributed by atoms with van der Waals surface area (Å²) in [6.45, 7) is 15.3. The SMILES string of the molecule is CC(C)=O.COC.COc1ccc(C(C)(C)c2ccc(OC(C)=O)cc2)cc1.Cc1ccc(C(C)(C)c2ccc(OC(=O)c3ccccc3)cc2)cc1. The van der Waals surface area contributed by atoms with Crippen LogP contribution in [0.15, 0.2) is 127 Å². The monoisotopic (exact) mass is 718 g/mol. The Morgan fingerprint density at radius 2 is 0.792 bits per heavy atom. The molecule has 7 nitrogen and oxygen atoms in total. The Morgan fingerprint density at radius 1 is 0.472 bits per heavy atom. The van der Waals surface area contributed by atoms with E-state index in [1.54, 1.807) is 33.5 Å². The van der Waals surface area contributed by atoms with Gasteiger partial charge in [-0.1, -0.05) is 112 Å². The van der Waals surface area contributed by atoms with Crippen molar-refractivity contribution in [3.05, 3.63) is 161 Å². The van der Waals surface area contributed by atoms with Gasteiger partial charge in [0.2, 0.25) is 0 Å². The van der Waals surface area contributed by atoms with Crippen molar-refractivity contribution in [3.63, 3.8) is 0 Å². The predicted octanol–water partition coefficient (Wildman–Crippen LogP) is 10.3. The Morgan fingerprint density at radius 3 is 1.13 bits per heavy atom. The first kappa shape index (κ1) is 43.6. The molecule has 280 valence electrons. The van der Waals surface area contributed by atoms with Crippen LogP contribution in [0.4, 0.5) is 0 Å². The lowest BCUT2D eigenvalue weighted by Gasteiger charge is -2.26. The number of methoxy groups -OCH3 is 2. The number of carbonyl (C=O) groups is 3. The summed E-state index contributed by atoms with van der Waals surface area (Å²) in [5, 5.41) is 0. The third-order valence-electron chi connectivity index (χ3n) is 8.22. The minimum atomic E-state index is -0.342. The molecule has 0 saturated heterocycles. The summed E-state index contributed by atoms with van der Waals surface area (Å²) in [6, 6.07) is 41.0. The molecule has 0 amide bonds. The predicted molar refractivity (Wildman–Crippen MR) is 213 cm³/mol. The molecule has 0 aliphatic rings. The molecule has 0 aliphatic heterocycles. The van der Waals surface area contributed by atoms with Crippen LogP contribution in [0, 0.1) is 6.92 Å². The molecule has 5 aromatic rings. The van der Waals surface area contributed by atoms with Gasteiger partial charge in [-0.15, -0.1) is 0 Å². The number of aryl methyl sites for hydroxylation is 1. The Balaban J connectivity index is 0.000000316. The number of ketones is 1. The summed E-state index contributed by atoms with van der Waals surface area (Å²) >= 11 is 0. The van der Waals surface area contributed by atoms with Gasteiger partial charge in [-0.3, -0.25) is 4.79 Å². The maximum absolute atomic E-state index is 12.1. The standard InChI is InChI=1S/C23H22O2.C18H20O3.C3H6O.C2H6O/c1-17-9-11-19(12-10-17)23(2,3)20-13-15-21(16-14-20)25-22(24)18-7-5-4-6-8-18;1-13(19)21-17-11-7-15(8-12-17)18(2,3)14-5-9-16(20-4)10-6-14;1-3(2)4;1-3-2/h4-16H,1-3H3;5-12H,1-4H3;1-2H3;1-2H3. The average molecular weight is 719 g/mol. The van der Waals surface area contributed by atoms with Crippen molar-refractivity contribution in [1.29, 1.82) is 0 Å². The third kappa shape index (κ3) is 14.2.